The number of aliphatic carboxylic acids is 1. The van der Waals surface area contributed by atoms with E-state index in [0.717, 1.165) is 4.88 Å². The average Bonchev–Trinajstić information content (AvgIpc) is 2.82. The zero-order chi connectivity index (χ0) is 14.5. The number of aryl methyl sites for hydroxylation is 1. The van der Waals surface area contributed by atoms with Crippen molar-refractivity contribution in [1.82, 2.24) is 9.80 Å². The molecule has 1 aliphatic heterocycles. The molecule has 1 aromatic rings. The van der Waals surface area contributed by atoms with Crippen LogP contribution in [0.4, 0.5) is 0 Å². The van der Waals surface area contributed by atoms with E-state index in [9.17, 15) is 9.59 Å². The van der Waals surface area contributed by atoms with Gasteiger partial charge in [-0.05, 0) is 30.0 Å². The Morgan fingerprint density at radius 2 is 2.05 bits per heavy atom. The molecule has 20 heavy (non-hydrogen) atoms. The summed E-state index contributed by atoms with van der Waals surface area (Å²) in [5.41, 5.74) is 1.17. The van der Waals surface area contributed by atoms with Crippen molar-refractivity contribution in [3.63, 3.8) is 0 Å². The number of hydrogen-bond acceptors (Lipinski definition) is 4. The van der Waals surface area contributed by atoms with E-state index in [1.807, 2.05) is 29.3 Å². The molecule has 1 aliphatic rings. The summed E-state index contributed by atoms with van der Waals surface area (Å²) < 4.78 is 0. The predicted octanol–water partition coefficient (Wildman–Crippen LogP) is 1.30. The Kier molecular flexibility index (Phi) is 4.92. The van der Waals surface area contributed by atoms with Crippen LogP contribution in [-0.2, 0) is 9.59 Å². The lowest BCUT2D eigenvalue weighted by Crippen LogP contribution is -2.49. The molecule has 6 heteroatoms. The van der Waals surface area contributed by atoms with Gasteiger partial charge in [-0.2, -0.15) is 0 Å². The minimum absolute atomic E-state index is 0.00669. The van der Waals surface area contributed by atoms with E-state index in [0.29, 0.717) is 26.2 Å². The maximum absolute atomic E-state index is 12.0. The van der Waals surface area contributed by atoms with Gasteiger partial charge in [0.1, 0.15) is 0 Å². The highest BCUT2D eigenvalue weighted by molar-refractivity contribution is 7.11. The molecule has 2 rings (SSSR count). The molecule has 0 spiro atoms. The van der Waals surface area contributed by atoms with Gasteiger partial charge >= 0.3 is 5.97 Å². The predicted molar refractivity (Wildman–Crippen MR) is 78.7 cm³/mol. The Bertz CT molecular complexity index is 516. The van der Waals surface area contributed by atoms with Gasteiger partial charge in [0.05, 0.1) is 6.54 Å². The molecule has 1 N–H and O–H groups in total. The SMILES string of the molecule is Cc1ccsc1/C=C/C(=O)N1CCN(CC(=O)O)CC1. The van der Waals surface area contributed by atoms with Gasteiger partial charge in [0.25, 0.3) is 0 Å². The minimum atomic E-state index is -0.821. The van der Waals surface area contributed by atoms with Gasteiger partial charge in [-0.15, -0.1) is 11.3 Å². The largest absolute Gasteiger partial charge is 0.480 e. The number of carboxylic acid groups (broad SMARTS) is 1. The van der Waals surface area contributed by atoms with E-state index in [1.165, 1.54) is 5.56 Å². The smallest absolute Gasteiger partial charge is 0.317 e. The number of piperazine rings is 1. The van der Waals surface area contributed by atoms with Crippen LogP contribution in [0.25, 0.3) is 6.08 Å². The van der Waals surface area contributed by atoms with Crippen LogP contribution in [0.5, 0.6) is 0 Å². The van der Waals surface area contributed by atoms with E-state index < -0.39 is 5.97 Å². The van der Waals surface area contributed by atoms with Crippen molar-refractivity contribution in [1.29, 1.82) is 0 Å². The summed E-state index contributed by atoms with van der Waals surface area (Å²) in [5, 5.41) is 10.7. The maximum atomic E-state index is 12.0. The number of carboxylic acids is 1. The topological polar surface area (TPSA) is 60.9 Å². The lowest BCUT2D eigenvalue weighted by atomic mass is 10.2. The molecule has 108 valence electrons. The Morgan fingerprint density at radius 1 is 1.35 bits per heavy atom. The highest BCUT2D eigenvalue weighted by Gasteiger charge is 2.20. The Hall–Kier alpha value is -1.66. The number of carbonyl (C=O) groups is 2. The van der Waals surface area contributed by atoms with Gasteiger partial charge in [-0.3, -0.25) is 14.5 Å². The molecule has 0 aromatic carbocycles. The van der Waals surface area contributed by atoms with E-state index in [-0.39, 0.29) is 12.5 Å². The van der Waals surface area contributed by atoms with Crippen molar-refractivity contribution < 1.29 is 14.7 Å². The monoisotopic (exact) mass is 294 g/mol. The third kappa shape index (κ3) is 3.91. The number of carbonyl (C=O) groups excluding carboxylic acids is 1. The molecule has 1 fully saturated rings. The summed E-state index contributed by atoms with van der Waals surface area (Å²) in [5.74, 6) is -0.828. The number of thiophene rings is 1. The quantitative estimate of drug-likeness (QED) is 0.850. The summed E-state index contributed by atoms with van der Waals surface area (Å²) >= 11 is 1.61. The normalized spacial score (nSPS) is 16.8. The van der Waals surface area contributed by atoms with Crippen LogP contribution in [0.15, 0.2) is 17.5 Å². The van der Waals surface area contributed by atoms with Crippen molar-refractivity contribution in [2.75, 3.05) is 32.7 Å². The number of nitrogens with zero attached hydrogens (tertiary/aromatic N) is 2. The van der Waals surface area contributed by atoms with Crippen molar-refractivity contribution in [2.45, 2.75) is 6.92 Å². The van der Waals surface area contributed by atoms with Gasteiger partial charge in [-0.1, -0.05) is 0 Å². The van der Waals surface area contributed by atoms with Crippen LogP contribution in [0.3, 0.4) is 0 Å². The first-order valence-corrected chi connectivity index (χ1v) is 7.39. The first kappa shape index (κ1) is 14.7. The standard InChI is InChI=1S/C14H18N2O3S/c1-11-4-9-20-12(11)2-3-13(17)16-7-5-15(6-8-16)10-14(18)19/h2-4,9H,5-8,10H2,1H3,(H,18,19)/b3-2+. The molecule has 1 aromatic heterocycles. The zero-order valence-electron chi connectivity index (χ0n) is 11.4. The minimum Gasteiger partial charge on any atom is -0.480 e. The van der Waals surface area contributed by atoms with Crippen LogP contribution in [-0.4, -0.2) is 59.5 Å². The second-order valence-electron chi connectivity index (χ2n) is 4.80. The molecule has 1 saturated heterocycles. The van der Waals surface area contributed by atoms with E-state index in [4.69, 9.17) is 5.11 Å². The fraction of sp³-hybridized carbons (Fsp3) is 0.429. The fourth-order valence-corrected chi connectivity index (χ4v) is 2.94. The third-order valence-electron chi connectivity index (χ3n) is 3.32. The lowest BCUT2D eigenvalue weighted by Gasteiger charge is -2.33. The van der Waals surface area contributed by atoms with Crippen LogP contribution in [0.2, 0.25) is 0 Å². The molecule has 0 unspecified atom stereocenters. The molecule has 2 heterocycles. The van der Waals surface area contributed by atoms with Crippen LogP contribution in [0, 0.1) is 6.92 Å². The van der Waals surface area contributed by atoms with Gasteiger partial charge < -0.3 is 10.0 Å². The zero-order valence-corrected chi connectivity index (χ0v) is 12.2. The molecule has 0 aliphatic carbocycles. The second-order valence-corrected chi connectivity index (χ2v) is 5.74. The lowest BCUT2D eigenvalue weighted by molar-refractivity contribution is -0.139. The van der Waals surface area contributed by atoms with Crippen molar-refractivity contribution in [3.05, 3.63) is 28.0 Å². The second kappa shape index (κ2) is 6.67. The molecule has 0 radical (unpaired) electrons. The van der Waals surface area contributed by atoms with Crippen LogP contribution < -0.4 is 0 Å². The summed E-state index contributed by atoms with van der Waals surface area (Å²) in [6.07, 6.45) is 3.46. The molecular weight excluding hydrogens is 276 g/mol. The number of hydrogen-bond donors (Lipinski definition) is 1. The van der Waals surface area contributed by atoms with E-state index in [2.05, 4.69) is 0 Å². The van der Waals surface area contributed by atoms with Crippen molar-refractivity contribution >= 4 is 29.3 Å². The third-order valence-corrected chi connectivity index (χ3v) is 4.31. The summed E-state index contributed by atoms with van der Waals surface area (Å²) in [4.78, 5) is 27.4. The molecule has 0 bridgehead atoms. The van der Waals surface area contributed by atoms with E-state index >= 15 is 0 Å². The average molecular weight is 294 g/mol. The van der Waals surface area contributed by atoms with Gasteiger partial charge in [0.15, 0.2) is 0 Å². The molecule has 5 nitrogen and oxygen atoms in total. The fourth-order valence-electron chi connectivity index (χ4n) is 2.13. The highest BCUT2D eigenvalue weighted by atomic mass is 32.1. The Labute approximate surface area is 122 Å². The Morgan fingerprint density at radius 3 is 2.60 bits per heavy atom. The summed E-state index contributed by atoms with van der Waals surface area (Å²) in [6.45, 7) is 4.46. The maximum Gasteiger partial charge on any atom is 0.317 e. The summed E-state index contributed by atoms with van der Waals surface area (Å²) in [6, 6.07) is 2.03. The Balaban J connectivity index is 1.84. The van der Waals surface area contributed by atoms with Gasteiger partial charge in [0.2, 0.25) is 5.91 Å². The molecule has 1 amide bonds. The first-order chi connectivity index (χ1) is 9.56. The highest BCUT2D eigenvalue weighted by Crippen LogP contribution is 2.17. The van der Waals surface area contributed by atoms with Gasteiger partial charge in [-0.25, -0.2) is 0 Å². The van der Waals surface area contributed by atoms with E-state index in [1.54, 1.807) is 22.3 Å². The summed E-state index contributed by atoms with van der Waals surface area (Å²) in [7, 11) is 0. The van der Waals surface area contributed by atoms with Crippen molar-refractivity contribution in [2.24, 2.45) is 0 Å². The molecule has 0 atom stereocenters. The number of rotatable bonds is 4. The van der Waals surface area contributed by atoms with Crippen LogP contribution >= 0.6 is 11.3 Å². The number of amides is 1. The van der Waals surface area contributed by atoms with Crippen LogP contribution in [0.1, 0.15) is 10.4 Å². The van der Waals surface area contributed by atoms with Gasteiger partial charge in [0, 0.05) is 37.1 Å². The molecule has 0 saturated carbocycles. The van der Waals surface area contributed by atoms with Crippen molar-refractivity contribution in [3.8, 4) is 0 Å². The molecular formula is C14H18N2O3S. The first-order valence-electron chi connectivity index (χ1n) is 6.51.